The van der Waals surface area contributed by atoms with E-state index in [-0.39, 0.29) is 12.1 Å². The van der Waals surface area contributed by atoms with E-state index < -0.39 is 5.60 Å². The zero-order chi connectivity index (χ0) is 15.2. The average molecular weight is 277 g/mol. The van der Waals surface area contributed by atoms with Gasteiger partial charge >= 0.3 is 6.09 Å². The molecule has 3 heteroatoms. The van der Waals surface area contributed by atoms with Crippen molar-refractivity contribution in [1.29, 1.82) is 0 Å². The predicted molar refractivity (Wildman–Crippen MR) is 82.8 cm³/mol. The minimum absolute atomic E-state index is 0.0947. The van der Waals surface area contributed by atoms with Crippen LogP contribution >= 0.6 is 0 Å². The summed E-state index contributed by atoms with van der Waals surface area (Å²) in [6, 6.07) is 10.3. The van der Waals surface area contributed by atoms with Crippen LogP contribution in [-0.2, 0) is 11.2 Å². The Bertz CT molecular complexity index is 409. The fraction of sp³-hybridized carbons (Fsp3) is 0.588. The van der Waals surface area contributed by atoms with E-state index in [1.54, 1.807) is 0 Å². The van der Waals surface area contributed by atoms with Crippen LogP contribution in [0.4, 0.5) is 4.79 Å². The van der Waals surface area contributed by atoms with Gasteiger partial charge in [0.05, 0.1) is 0 Å². The zero-order valence-corrected chi connectivity index (χ0v) is 13.3. The van der Waals surface area contributed by atoms with Crippen molar-refractivity contribution in [3.63, 3.8) is 0 Å². The second-order valence-electron chi connectivity index (χ2n) is 6.33. The van der Waals surface area contributed by atoms with Crippen molar-refractivity contribution in [3.05, 3.63) is 35.9 Å². The SMILES string of the molecule is CC[C@@H](C)[C@H](Cc1ccccc1)NC(=O)OC(C)(C)C. The van der Waals surface area contributed by atoms with E-state index in [1.807, 2.05) is 39.0 Å². The minimum atomic E-state index is -0.461. The molecule has 1 amide bonds. The second kappa shape index (κ2) is 7.32. The maximum Gasteiger partial charge on any atom is 0.407 e. The Hall–Kier alpha value is -1.51. The van der Waals surface area contributed by atoms with Gasteiger partial charge in [0.15, 0.2) is 0 Å². The second-order valence-corrected chi connectivity index (χ2v) is 6.33. The molecule has 1 aromatic carbocycles. The quantitative estimate of drug-likeness (QED) is 0.877. The molecule has 0 heterocycles. The number of alkyl carbamates (subject to hydrolysis) is 1. The van der Waals surface area contributed by atoms with Gasteiger partial charge in [-0.05, 0) is 38.7 Å². The topological polar surface area (TPSA) is 38.3 Å². The average Bonchev–Trinajstić information content (AvgIpc) is 2.36. The molecule has 0 aliphatic rings. The van der Waals surface area contributed by atoms with Crippen molar-refractivity contribution in [1.82, 2.24) is 5.32 Å². The smallest absolute Gasteiger partial charge is 0.407 e. The van der Waals surface area contributed by atoms with Crippen molar-refractivity contribution < 1.29 is 9.53 Å². The Morgan fingerprint density at radius 1 is 1.25 bits per heavy atom. The van der Waals surface area contributed by atoms with Gasteiger partial charge in [-0.25, -0.2) is 4.79 Å². The van der Waals surface area contributed by atoms with E-state index in [9.17, 15) is 4.79 Å². The van der Waals surface area contributed by atoms with Gasteiger partial charge in [0, 0.05) is 6.04 Å². The van der Waals surface area contributed by atoms with Crippen LogP contribution in [0.2, 0.25) is 0 Å². The van der Waals surface area contributed by atoms with Crippen molar-refractivity contribution in [2.24, 2.45) is 5.92 Å². The number of hydrogen-bond acceptors (Lipinski definition) is 2. The first-order chi connectivity index (χ1) is 9.31. The minimum Gasteiger partial charge on any atom is -0.444 e. The standard InChI is InChI=1S/C17H27NO2/c1-6-13(2)15(12-14-10-8-7-9-11-14)18-16(19)20-17(3,4)5/h7-11,13,15H,6,12H2,1-5H3,(H,18,19)/t13-,15+/m1/s1. The van der Waals surface area contributed by atoms with Gasteiger partial charge in [-0.1, -0.05) is 50.6 Å². The van der Waals surface area contributed by atoms with E-state index in [0.29, 0.717) is 5.92 Å². The van der Waals surface area contributed by atoms with Gasteiger partial charge in [-0.2, -0.15) is 0 Å². The summed E-state index contributed by atoms with van der Waals surface area (Å²) in [5, 5.41) is 3.01. The van der Waals surface area contributed by atoms with E-state index in [4.69, 9.17) is 4.74 Å². The molecule has 0 unspecified atom stereocenters. The van der Waals surface area contributed by atoms with Crippen molar-refractivity contribution >= 4 is 6.09 Å². The molecule has 0 spiro atoms. The molecule has 0 saturated carbocycles. The summed E-state index contributed by atoms with van der Waals surface area (Å²) in [5.74, 6) is 0.405. The highest BCUT2D eigenvalue weighted by Gasteiger charge is 2.22. The molecule has 112 valence electrons. The molecule has 0 aliphatic carbocycles. The first-order valence-corrected chi connectivity index (χ1v) is 7.35. The molecule has 0 saturated heterocycles. The van der Waals surface area contributed by atoms with E-state index >= 15 is 0 Å². The molecule has 1 rings (SSSR count). The Labute approximate surface area is 122 Å². The van der Waals surface area contributed by atoms with E-state index in [0.717, 1.165) is 12.8 Å². The Morgan fingerprint density at radius 3 is 2.35 bits per heavy atom. The van der Waals surface area contributed by atoms with Gasteiger partial charge in [0.25, 0.3) is 0 Å². The zero-order valence-electron chi connectivity index (χ0n) is 13.3. The number of hydrogen-bond donors (Lipinski definition) is 1. The lowest BCUT2D eigenvalue weighted by Gasteiger charge is -2.27. The molecule has 0 aliphatic heterocycles. The Kier molecular flexibility index (Phi) is 6.05. The van der Waals surface area contributed by atoms with Gasteiger partial charge in [0.2, 0.25) is 0 Å². The number of carbonyl (C=O) groups excluding carboxylic acids is 1. The summed E-state index contributed by atoms with van der Waals surface area (Å²) >= 11 is 0. The predicted octanol–water partition coefficient (Wildman–Crippen LogP) is 4.17. The molecule has 0 aromatic heterocycles. The molecule has 0 bridgehead atoms. The molecule has 1 N–H and O–H groups in total. The highest BCUT2D eigenvalue weighted by atomic mass is 16.6. The third-order valence-electron chi connectivity index (χ3n) is 3.33. The summed E-state index contributed by atoms with van der Waals surface area (Å²) in [6.45, 7) is 9.93. The molecule has 20 heavy (non-hydrogen) atoms. The van der Waals surface area contributed by atoms with Crippen LogP contribution in [0.5, 0.6) is 0 Å². The van der Waals surface area contributed by atoms with Crippen LogP contribution in [-0.4, -0.2) is 17.7 Å². The lowest BCUT2D eigenvalue weighted by molar-refractivity contribution is 0.0487. The number of nitrogens with one attached hydrogen (secondary N) is 1. The summed E-state index contributed by atoms with van der Waals surface area (Å²) in [6.07, 6.45) is 1.52. The van der Waals surface area contributed by atoms with Crippen molar-refractivity contribution in [2.75, 3.05) is 0 Å². The molecule has 3 nitrogen and oxygen atoms in total. The fourth-order valence-corrected chi connectivity index (χ4v) is 2.01. The van der Waals surface area contributed by atoms with Gasteiger partial charge < -0.3 is 10.1 Å². The molecular weight excluding hydrogens is 250 g/mol. The van der Waals surface area contributed by atoms with Crippen LogP contribution < -0.4 is 5.32 Å². The van der Waals surface area contributed by atoms with Crippen LogP contribution in [0.15, 0.2) is 30.3 Å². The van der Waals surface area contributed by atoms with Crippen LogP contribution in [0, 0.1) is 5.92 Å². The van der Waals surface area contributed by atoms with Gasteiger partial charge in [-0.15, -0.1) is 0 Å². The molecule has 2 atom stereocenters. The maximum absolute atomic E-state index is 11.9. The first-order valence-electron chi connectivity index (χ1n) is 7.35. The summed E-state index contributed by atoms with van der Waals surface area (Å²) in [5.41, 5.74) is 0.769. The van der Waals surface area contributed by atoms with Gasteiger partial charge in [-0.3, -0.25) is 0 Å². The molecule has 1 aromatic rings. The van der Waals surface area contributed by atoms with Crippen molar-refractivity contribution in [3.8, 4) is 0 Å². The summed E-state index contributed by atoms with van der Waals surface area (Å²) < 4.78 is 5.35. The highest BCUT2D eigenvalue weighted by Crippen LogP contribution is 2.15. The summed E-state index contributed by atoms with van der Waals surface area (Å²) in [4.78, 5) is 11.9. The number of rotatable bonds is 5. The monoisotopic (exact) mass is 277 g/mol. The highest BCUT2D eigenvalue weighted by molar-refractivity contribution is 5.68. The normalized spacial score (nSPS) is 14.4. The number of amides is 1. The third-order valence-corrected chi connectivity index (χ3v) is 3.33. The molecule has 0 fully saturated rings. The largest absolute Gasteiger partial charge is 0.444 e. The first kappa shape index (κ1) is 16.5. The maximum atomic E-state index is 11.9. The van der Waals surface area contributed by atoms with Crippen LogP contribution in [0.25, 0.3) is 0 Å². The van der Waals surface area contributed by atoms with Gasteiger partial charge in [0.1, 0.15) is 5.60 Å². The number of carbonyl (C=O) groups is 1. The Balaban J connectivity index is 2.68. The van der Waals surface area contributed by atoms with Crippen LogP contribution in [0.1, 0.15) is 46.6 Å². The van der Waals surface area contributed by atoms with Crippen LogP contribution in [0.3, 0.4) is 0 Å². The number of ether oxygens (including phenoxy) is 1. The lowest BCUT2D eigenvalue weighted by Crippen LogP contribution is -2.43. The van der Waals surface area contributed by atoms with E-state index in [2.05, 4.69) is 31.3 Å². The lowest BCUT2D eigenvalue weighted by atomic mass is 9.93. The molecule has 0 radical (unpaired) electrons. The summed E-state index contributed by atoms with van der Waals surface area (Å²) in [7, 11) is 0. The Morgan fingerprint density at radius 2 is 1.85 bits per heavy atom. The third kappa shape index (κ3) is 6.09. The van der Waals surface area contributed by atoms with E-state index in [1.165, 1.54) is 5.56 Å². The van der Waals surface area contributed by atoms with Crippen molar-refractivity contribution in [2.45, 2.75) is 59.1 Å². The number of benzene rings is 1. The molecular formula is C17H27NO2. The fourth-order valence-electron chi connectivity index (χ4n) is 2.01.